The van der Waals surface area contributed by atoms with Crippen molar-refractivity contribution >= 4 is 58.5 Å². The molecule has 0 saturated carbocycles. The van der Waals surface area contributed by atoms with Gasteiger partial charge in [-0.25, -0.2) is 16.8 Å². The molecule has 2 unspecified atom stereocenters. The molecule has 8 nitrogen and oxygen atoms in total. The summed E-state index contributed by atoms with van der Waals surface area (Å²) in [6.07, 6.45) is 73.2. The first-order valence-electron chi connectivity index (χ1n) is 31.5. The van der Waals surface area contributed by atoms with Crippen molar-refractivity contribution in [2.75, 3.05) is 13.2 Å². The first-order valence-corrected chi connectivity index (χ1v) is 34.2. The van der Waals surface area contributed by atoms with Crippen molar-refractivity contribution in [1.82, 2.24) is 0 Å². The average molecular weight is 1100 g/mol. The van der Waals surface area contributed by atoms with Crippen LogP contribution in [0.2, 0.25) is 0 Å². The molecule has 0 N–H and O–H groups in total. The Morgan fingerprint density at radius 3 is 0.671 bits per heavy atom. The standard InChI is InChI=1S/2C31H62O4S.Ca/c2*1-3-5-7-9-11-13-15-16-17-19-21-23-25-27-29-31(30-35-36(32,33)34)28-26-24-22-20-18-14-12-10-8-6-4-2;/h2*27,29,31H,3-26,28,30H2,1-2H3,(H,32,33,34);/q;;+2/p-2/b2*29-27+;. The van der Waals surface area contributed by atoms with Gasteiger partial charge in [0.05, 0.1) is 13.2 Å². The van der Waals surface area contributed by atoms with E-state index in [4.69, 9.17) is 0 Å². The van der Waals surface area contributed by atoms with Crippen molar-refractivity contribution in [2.24, 2.45) is 11.8 Å². The molecule has 73 heavy (non-hydrogen) atoms. The topological polar surface area (TPSA) is 133 Å². The van der Waals surface area contributed by atoms with Crippen LogP contribution in [0, 0.1) is 11.8 Å². The fourth-order valence-corrected chi connectivity index (χ4v) is 10.4. The quantitative estimate of drug-likeness (QED) is 0.0193. The van der Waals surface area contributed by atoms with Crippen LogP contribution in [0.15, 0.2) is 24.3 Å². The first-order chi connectivity index (χ1) is 35.0. The summed E-state index contributed by atoms with van der Waals surface area (Å²) in [7, 11) is -9.23. The van der Waals surface area contributed by atoms with Crippen LogP contribution in [0.3, 0.4) is 0 Å². The van der Waals surface area contributed by atoms with Gasteiger partial charge in [-0.15, -0.1) is 0 Å². The Balaban J connectivity index is -0.00000132. The molecule has 0 amide bonds. The SMILES string of the molecule is CCCCCCCCCCCCCC/C=C/C(CCCCCCCCCCCCC)COS(=O)(=O)[O-].CCCCCCCCCCCCCC/C=C/C(CCCCCCCCCCCCC)COS(=O)(=O)[O-].[Ca+2]. The summed E-state index contributed by atoms with van der Waals surface area (Å²) in [5, 5.41) is 0. The number of hydrogen-bond donors (Lipinski definition) is 0. The van der Waals surface area contributed by atoms with E-state index in [1.807, 2.05) is 0 Å². The zero-order valence-corrected chi connectivity index (χ0v) is 52.9. The van der Waals surface area contributed by atoms with Gasteiger partial charge in [0.1, 0.15) is 0 Å². The minimum absolute atomic E-state index is 0. The molecule has 0 aromatic heterocycles. The van der Waals surface area contributed by atoms with Crippen LogP contribution in [0.25, 0.3) is 0 Å². The van der Waals surface area contributed by atoms with E-state index in [9.17, 15) is 25.9 Å². The van der Waals surface area contributed by atoms with E-state index in [0.717, 1.165) is 38.5 Å². The minimum Gasteiger partial charge on any atom is -0.726 e. The maximum Gasteiger partial charge on any atom is 2.00 e. The number of rotatable bonds is 58. The number of unbranched alkanes of at least 4 members (excludes halogenated alkanes) is 44. The van der Waals surface area contributed by atoms with E-state index in [1.165, 1.54) is 283 Å². The Labute approximate surface area is 487 Å². The fraction of sp³-hybridized carbons (Fsp3) is 0.935. The predicted molar refractivity (Wildman–Crippen MR) is 316 cm³/mol. The van der Waals surface area contributed by atoms with Gasteiger partial charge in [-0.05, 0) is 38.5 Å². The van der Waals surface area contributed by atoms with Gasteiger partial charge in [0, 0.05) is 11.8 Å². The zero-order chi connectivity index (χ0) is 53.2. The second kappa shape index (κ2) is 63.3. The summed E-state index contributed by atoms with van der Waals surface area (Å²) >= 11 is 0. The second-order valence-corrected chi connectivity index (χ2v) is 23.9. The van der Waals surface area contributed by atoms with Crippen molar-refractivity contribution in [3.05, 3.63) is 24.3 Å². The van der Waals surface area contributed by atoms with Crippen molar-refractivity contribution in [3.63, 3.8) is 0 Å². The molecule has 0 rings (SSSR count). The van der Waals surface area contributed by atoms with Gasteiger partial charge in [0.25, 0.3) is 0 Å². The van der Waals surface area contributed by atoms with Gasteiger partial charge >= 0.3 is 37.7 Å². The maximum absolute atomic E-state index is 10.9. The summed E-state index contributed by atoms with van der Waals surface area (Å²) in [6, 6.07) is 0. The zero-order valence-electron chi connectivity index (χ0n) is 49.0. The monoisotopic (exact) mass is 1100 g/mol. The molecule has 0 aliphatic rings. The van der Waals surface area contributed by atoms with E-state index >= 15 is 0 Å². The summed E-state index contributed by atoms with van der Waals surface area (Å²) < 4.78 is 74.5. The van der Waals surface area contributed by atoms with Gasteiger partial charge in [0.15, 0.2) is 0 Å². The maximum atomic E-state index is 10.9. The second-order valence-electron chi connectivity index (χ2n) is 21.8. The summed E-state index contributed by atoms with van der Waals surface area (Å²) in [5.41, 5.74) is 0. The molecule has 0 bridgehead atoms. The Morgan fingerprint density at radius 2 is 0.479 bits per heavy atom. The molecule has 432 valence electrons. The van der Waals surface area contributed by atoms with Crippen molar-refractivity contribution < 1.29 is 34.3 Å². The third-order valence-electron chi connectivity index (χ3n) is 14.5. The largest absolute Gasteiger partial charge is 2.00 e. The molecular weight excluding hydrogens is 977 g/mol. The molecule has 0 aromatic rings. The van der Waals surface area contributed by atoms with E-state index in [1.54, 1.807) is 0 Å². The Hall–Kier alpha value is 0.480. The van der Waals surface area contributed by atoms with Gasteiger partial charge in [-0.2, -0.15) is 0 Å². The van der Waals surface area contributed by atoms with E-state index < -0.39 is 20.8 Å². The average Bonchev–Trinajstić information content (AvgIpc) is 3.35. The summed E-state index contributed by atoms with van der Waals surface area (Å²) in [4.78, 5) is 0. The molecule has 2 atom stereocenters. The van der Waals surface area contributed by atoms with Crippen molar-refractivity contribution in [3.8, 4) is 0 Å². The van der Waals surface area contributed by atoms with Gasteiger partial charge in [-0.3, -0.25) is 8.37 Å². The molecule has 0 fully saturated rings. The van der Waals surface area contributed by atoms with Crippen LogP contribution < -0.4 is 0 Å². The molecule has 11 heteroatoms. The first kappa shape index (κ1) is 77.7. The van der Waals surface area contributed by atoms with Crippen LogP contribution in [-0.2, 0) is 29.2 Å². The molecule has 0 aliphatic heterocycles. The Morgan fingerprint density at radius 1 is 0.301 bits per heavy atom. The third-order valence-corrected chi connectivity index (χ3v) is 15.3. The van der Waals surface area contributed by atoms with Crippen LogP contribution in [0.1, 0.15) is 349 Å². The molecule has 0 aromatic carbocycles. The molecule has 0 spiro atoms. The number of hydrogen-bond acceptors (Lipinski definition) is 8. The summed E-state index contributed by atoms with van der Waals surface area (Å²) in [5.74, 6) is 0.0363. The van der Waals surface area contributed by atoms with Crippen LogP contribution in [0.5, 0.6) is 0 Å². The van der Waals surface area contributed by atoms with E-state index in [0.29, 0.717) is 0 Å². The molecule has 0 radical (unpaired) electrons. The number of allylic oxidation sites excluding steroid dienone is 2. The third kappa shape index (κ3) is 72.5. The Bertz CT molecular complexity index is 1230. The molecule has 0 aliphatic carbocycles. The van der Waals surface area contributed by atoms with E-state index in [2.05, 4.69) is 60.4 Å². The van der Waals surface area contributed by atoms with Gasteiger partial charge < -0.3 is 9.11 Å². The minimum atomic E-state index is -4.62. The summed E-state index contributed by atoms with van der Waals surface area (Å²) in [6.45, 7) is 9.02. The fourth-order valence-electron chi connectivity index (χ4n) is 9.74. The van der Waals surface area contributed by atoms with Crippen LogP contribution in [-0.4, -0.2) is 76.9 Å². The Kier molecular flexibility index (Phi) is 67.4. The van der Waals surface area contributed by atoms with Gasteiger partial charge in [0.2, 0.25) is 20.8 Å². The van der Waals surface area contributed by atoms with E-state index in [-0.39, 0.29) is 62.8 Å². The normalized spacial score (nSPS) is 12.9. The van der Waals surface area contributed by atoms with Gasteiger partial charge in [-0.1, -0.05) is 335 Å². The smallest absolute Gasteiger partial charge is 0.726 e. The van der Waals surface area contributed by atoms with Crippen molar-refractivity contribution in [2.45, 2.75) is 349 Å². The van der Waals surface area contributed by atoms with Crippen LogP contribution >= 0.6 is 0 Å². The van der Waals surface area contributed by atoms with Crippen LogP contribution in [0.4, 0.5) is 0 Å². The molecule has 0 saturated heterocycles. The predicted octanol–water partition coefficient (Wildman–Crippen LogP) is 20.5. The molecular formula is C62H122CaO8S2. The van der Waals surface area contributed by atoms with Crippen molar-refractivity contribution in [1.29, 1.82) is 0 Å². The molecule has 0 heterocycles.